The Morgan fingerprint density at radius 3 is 2.23 bits per heavy atom. The van der Waals surface area contributed by atoms with Crippen LogP contribution < -0.4 is 4.72 Å². The minimum atomic E-state index is -3.78. The molecular weight excluding hydrogens is 302 g/mol. The second-order valence-corrected chi connectivity index (χ2v) is 6.71. The number of benzene rings is 2. The molecule has 0 aliphatic heterocycles. The van der Waals surface area contributed by atoms with Crippen LogP contribution >= 0.6 is 0 Å². The summed E-state index contributed by atoms with van der Waals surface area (Å²) in [4.78, 5) is 11.1. The minimum Gasteiger partial charge on any atom is -0.481 e. The summed E-state index contributed by atoms with van der Waals surface area (Å²) in [7, 11) is -3.78. The molecule has 0 aliphatic rings. The Morgan fingerprint density at radius 1 is 1.09 bits per heavy atom. The summed E-state index contributed by atoms with van der Waals surface area (Å²) in [5, 5.41) is 9.01. The first-order valence-corrected chi connectivity index (χ1v) is 8.22. The number of hydrogen-bond donors (Lipinski definition) is 2. The molecule has 0 heterocycles. The van der Waals surface area contributed by atoms with Gasteiger partial charge in [-0.1, -0.05) is 48.0 Å². The van der Waals surface area contributed by atoms with Gasteiger partial charge in [-0.15, -0.1) is 0 Å². The van der Waals surface area contributed by atoms with Crippen LogP contribution in [0.1, 0.15) is 23.6 Å². The number of hydrogen-bond acceptors (Lipinski definition) is 3. The molecule has 0 saturated heterocycles. The monoisotopic (exact) mass is 319 g/mol. The lowest BCUT2D eigenvalue weighted by Gasteiger charge is -2.17. The topological polar surface area (TPSA) is 83.5 Å². The van der Waals surface area contributed by atoms with E-state index < -0.39 is 22.0 Å². The van der Waals surface area contributed by atoms with Gasteiger partial charge < -0.3 is 5.11 Å². The van der Waals surface area contributed by atoms with Crippen molar-refractivity contribution in [1.29, 1.82) is 0 Å². The quantitative estimate of drug-likeness (QED) is 0.857. The highest BCUT2D eigenvalue weighted by Crippen LogP contribution is 2.20. The molecule has 6 heteroatoms. The van der Waals surface area contributed by atoms with Gasteiger partial charge in [-0.2, -0.15) is 0 Å². The second-order valence-electron chi connectivity index (χ2n) is 5.00. The van der Waals surface area contributed by atoms with Crippen LogP contribution in [0.5, 0.6) is 0 Å². The zero-order chi connectivity index (χ0) is 16.2. The van der Waals surface area contributed by atoms with Crippen LogP contribution in [0.25, 0.3) is 0 Å². The fraction of sp³-hybridized carbons (Fsp3) is 0.188. The fourth-order valence-electron chi connectivity index (χ4n) is 2.06. The standard InChI is InChI=1S/C16H17NO4S/c1-12-7-9-14(10-8-12)22(20,21)17-15(11-16(18)19)13-5-3-2-4-6-13/h2-10,15,17H,11H2,1H3,(H,18,19)/t15-/m0/s1. The highest BCUT2D eigenvalue weighted by molar-refractivity contribution is 7.89. The summed E-state index contributed by atoms with van der Waals surface area (Å²) in [6, 6.07) is 14.2. The molecule has 0 bridgehead atoms. The van der Waals surface area contributed by atoms with Gasteiger partial charge in [0.05, 0.1) is 17.4 Å². The fourth-order valence-corrected chi connectivity index (χ4v) is 3.28. The first kappa shape index (κ1) is 16.2. The van der Waals surface area contributed by atoms with Crippen LogP contribution in [0.2, 0.25) is 0 Å². The zero-order valence-electron chi connectivity index (χ0n) is 12.1. The molecule has 2 rings (SSSR count). The highest BCUT2D eigenvalue weighted by atomic mass is 32.2. The van der Waals surface area contributed by atoms with Gasteiger partial charge in [-0.05, 0) is 24.6 Å². The van der Waals surface area contributed by atoms with E-state index in [0.29, 0.717) is 5.56 Å². The molecule has 0 spiro atoms. The molecular formula is C16H17NO4S. The third-order valence-electron chi connectivity index (χ3n) is 3.21. The Morgan fingerprint density at radius 2 is 1.68 bits per heavy atom. The summed E-state index contributed by atoms with van der Waals surface area (Å²) in [6.45, 7) is 1.86. The average Bonchev–Trinajstić information content (AvgIpc) is 2.47. The van der Waals surface area contributed by atoms with Gasteiger partial charge in [0.1, 0.15) is 0 Å². The van der Waals surface area contributed by atoms with Gasteiger partial charge in [0.25, 0.3) is 0 Å². The minimum absolute atomic E-state index is 0.115. The molecule has 0 aromatic heterocycles. The average molecular weight is 319 g/mol. The number of sulfonamides is 1. The predicted molar refractivity (Wildman–Crippen MR) is 82.9 cm³/mol. The Hall–Kier alpha value is -2.18. The van der Waals surface area contributed by atoms with Crippen LogP contribution in [0.4, 0.5) is 0 Å². The van der Waals surface area contributed by atoms with E-state index in [4.69, 9.17) is 5.11 Å². The molecule has 0 radical (unpaired) electrons. The molecule has 0 unspecified atom stereocenters. The first-order valence-electron chi connectivity index (χ1n) is 6.74. The Labute approximate surface area is 129 Å². The van der Waals surface area contributed by atoms with E-state index in [-0.39, 0.29) is 11.3 Å². The Bertz CT molecular complexity index is 739. The van der Waals surface area contributed by atoms with Crippen LogP contribution in [0, 0.1) is 6.92 Å². The van der Waals surface area contributed by atoms with Gasteiger partial charge in [0.15, 0.2) is 0 Å². The van der Waals surface area contributed by atoms with E-state index in [1.54, 1.807) is 42.5 Å². The number of carbonyl (C=O) groups is 1. The van der Waals surface area contributed by atoms with E-state index in [1.165, 1.54) is 12.1 Å². The lowest BCUT2D eigenvalue weighted by Crippen LogP contribution is -2.30. The molecule has 5 nitrogen and oxygen atoms in total. The maximum Gasteiger partial charge on any atom is 0.305 e. The van der Waals surface area contributed by atoms with Crippen LogP contribution in [0.3, 0.4) is 0 Å². The first-order chi connectivity index (χ1) is 10.4. The molecule has 0 amide bonds. The van der Waals surface area contributed by atoms with Crippen molar-refractivity contribution in [3.8, 4) is 0 Å². The number of aliphatic carboxylic acids is 1. The van der Waals surface area contributed by atoms with Crippen molar-refractivity contribution in [2.75, 3.05) is 0 Å². The summed E-state index contributed by atoms with van der Waals surface area (Å²) in [5.74, 6) is -1.07. The van der Waals surface area contributed by atoms with E-state index in [2.05, 4.69) is 4.72 Å². The summed E-state index contributed by atoms with van der Waals surface area (Å²) >= 11 is 0. The SMILES string of the molecule is Cc1ccc(S(=O)(=O)N[C@@H](CC(=O)O)c2ccccc2)cc1. The van der Waals surface area contributed by atoms with Gasteiger partial charge in [0.2, 0.25) is 10.0 Å². The smallest absolute Gasteiger partial charge is 0.305 e. The van der Waals surface area contributed by atoms with Gasteiger partial charge in [0, 0.05) is 0 Å². The molecule has 0 aliphatic carbocycles. The number of aryl methyl sites for hydroxylation is 1. The number of nitrogens with one attached hydrogen (secondary N) is 1. The molecule has 2 N–H and O–H groups in total. The zero-order valence-corrected chi connectivity index (χ0v) is 12.9. The van der Waals surface area contributed by atoms with Crippen molar-refractivity contribution in [2.45, 2.75) is 24.3 Å². The van der Waals surface area contributed by atoms with Crippen molar-refractivity contribution < 1.29 is 18.3 Å². The third kappa shape index (κ3) is 4.16. The molecule has 116 valence electrons. The molecule has 0 fully saturated rings. The van der Waals surface area contributed by atoms with Crippen molar-refractivity contribution in [3.63, 3.8) is 0 Å². The third-order valence-corrected chi connectivity index (χ3v) is 4.70. The highest BCUT2D eigenvalue weighted by Gasteiger charge is 2.23. The molecule has 22 heavy (non-hydrogen) atoms. The van der Waals surface area contributed by atoms with Crippen LogP contribution in [-0.4, -0.2) is 19.5 Å². The summed E-state index contributed by atoms with van der Waals surface area (Å²) < 4.78 is 27.3. The van der Waals surface area contributed by atoms with Crippen LogP contribution in [0.15, 0.2) is 59.5 Å². The summed E-state index contributed by atoms with van der Waals surface area (Å²) in [6.07, 6.45) is -0.324. The van der Waals surface area contributed by atoms with E-state index in [9.17, 15) is 13.2 Å². The Balaban J connectivity index is 2.30. The molecule has 1 atom stereocenters. The maximum atomic E-state index is 12.4. The van der Waals surface area contributed by atoms with Crippen molar-refractivity contribution >= 4 is 16.0 Å². The normalized spacial score (nSPS) is 12.8. The number of carboxylic acids is 1. The number of carboxylic acid groups (broad SMARTS) is 1. The van der Waals surface area contributed by atoms with E-state index >= 15 is 0 Å². The number of rotatable bonds is 6. The van der Waals surface area contributed by atoms with Gasteiger partial charge in [-0.3, -0.25) is 4.79 Å². The van der Waals surface area contributed by atoms with Crippen LogP contribution in [-0.2, 0) is 14.8 Å². The van der Waals surface area contributed by atoms with Crippen molar-refractivity contribution in [1.82, 2.24) is 4.72 Å². The maximum absolute atomic E-state index is 12.4. The van der Waals surface area contributed by atoms with Gasteiger partial charge >= 0.3 is 5.97 Å². The molecule has 2 aromatic rings. The predicted octanol–water partition coefficient (Wildman–Crippen LogP) is 2.49. The van der Waals surface area contributed by atoms with Gasteiger partial charge in [-0.25, -0.2) is 13.1 Å². The lowest BCUT2D eigenvalue weighted by molar-refractivity contribution is -0.137. The second kappa shape index (κ2) is 6.72. The van der Waals surface area contributed by atoms with E-state index in [0.717, 1.165) is 5.56 Å². The van der Waals surface area contributed by atoms with E-state index in [1.807, 2.05) is 6.92 Å². The molecule has 2 aromatic carbocycles. The van der Waals surface area contributed by atoms with Crippen molar-refractivity contribution in [3.05, 3.63) is 65.7 Å². The summed E-state index contributed by atoms with van der Waals surface area (Å²) in [5.41, 5.74) is 1.56. The Kier molecular flexibility index (Phi) is 4.95. The molecule has 0 saturated carbocycles. The van der Waals surface area contributed by atoms with Crippen molar-refractivity contribution in [2.24, 2.45) is 0 Å². The lowest BCUT2D eigenvalue weighted by atomic mass is 10.1. The largest absolute Gasteiger partial charge is 0.481 e.